The third-order valence-corrected chi connectivity index (χ3v) is 4.31. The van der Waals surface area contributed by atoms with Crippen LogP contribution >= 0.6 is 0 Å². The van der Waals surface area contributed by atoms with Gasteiger partial charge in [0.25, 0.3) is 0 Å². The Morgan fingerprint density at radius 1 is 1.41 bits per heavy atom. The molecule has 0 bridgehead atoms. The van der Waals surface area contributed by atoms with Gasteiger partial charge in [-0.1, -0.05) is 26.7 Å². The fraction of sp³-hybridized carbons (Fsp3) is 0.923. The first-order chi connectivity index (χ1) is 8.02. The van der Waals surface area contributed by atoms with E-state index < -0.39 is 12.0 Å². The predicted molar refractivity (Wildman–Crippen MR) is 65.0 cm³/mol. The molecule has 2 aliphatic rings. The Kier molecular flexibility index (Phi) is 3.73. The highest BCUT2D eigenvalue weighted by molar-refractivity contribution is 5.73. The van der Waals surface area contributed by atoms with Crippen LogP contribution in [-0.4, -0.2) is 47.8 Å². The van der Waals surface area contributed by atoms with Crippen LogP contribution in [0.1, 0.15) is 39.5 Å². The summed E-state index contributed by atoms with van der Waals surface area (Å²) in [5.74, 6) is -0.744. The lowest BCUT2D eigenvalue weighted by Gasteiger charge is -2.48. The highest BCUT2D eigenvalue weighted by Gasteiger charge is 2.42. The zero-order valence-corrected chi connectivity index (χ0v) is 10.8. The van der Waals surface area contributed by atoms with Gasteiger partial charge in [0.05, 0.1) is 13.2 Å². The van der Waals surface area contributed by atoms with Crippen molar-refractivity contribution in [2.75, 3.05) is 19.8 Å². The molecule has 17 heavy (non-hydrogen) atoms. The molecule has 1 saturated carbocycles. The van der Waals surface area contributed by atoms with Gasteiger partial charge in [0.2, 0.25) is 0 Å². The van der Waals surface area contributed by atoms with Gasteiger partial charge in [-0.25, -0.2) is 0 Å². The molecule has 1 N–H and O–H groups in total. The summed E-state index contributed by atoms with van der Waals surface area (Å²) in [4.78, 5) is 13.5. The second-order valence-electron chi connectivity index (χ2n) is 5.92. The van der Waals surface area contributed by atoms with Crippen LogP contribution in [0.15, 0.2) is 0 Å². The lowest BCUT2D eigenvalue weighted by molar-refractivity contribution is -0.155. The molecule has 1 heterocycles. The Labute approximate surface area is 103 Å². The number of rotatable bonds is 2. The fourth-order valence-corrected chi connectivity index (χ4v) is 3.29. The van der Waals surface area contributed by atoms with Gasteiger partial charge in [0, 0.05) is 12.6 Å². The Hall–Kier alpha value is -0.610. The van der Waals surface area contributed by atoms with Gasteiger partial charge in [-0.15, -0.1) is 0 Å². The summed E-state index contributed by atoms with van der Waals surface area (Å²) in [6.07, 6.45) is 4.81. The number of carboxylic acid groups (broad SMARTS) is 1. The Morgan fingerprint density at radius 2 is 2.18 bits per heavy atom. The maximum absolute atomic E-state index is 11.3. The van der Waals surface area contributed by atoms with Crippen molar-refractivity contribution in [1.82, 2.24) is 4.90 Å². The minimum absolute atomic E-state index is 0.225. The Bertz CT molecular complexity index is 290. The molecule has 1 saturated heterocycles. The third-order valence-electron chi connectivity index (χ3n) is 4.31. The summed E-state index contributed by atoms with van der Waals surface area (Å²) in [5, 5.41) is 9.29. The standard InChI is InChI=1S/C13H23NO3/c1-13(2)6-4-3-5-11(13)14-7-8-17-9-10(14)12(15)16/h10-11H,3-9H2,1-2H3,(H,15,16). The van der Waals surface area contributed by atoms with E-state index in [2.05, 4.69) is 18.7 Å². The van der Waals surface area contributed by atoms with E-state index >= 15 is 0 Å². The molecule has 2 unspecified atom stereocenters. The normalized spacial score (nSPS) is 34.5. The fourth-order valence-electron chi connectivity index (χ4n) is 3.29. The molecule has 0 amide bonds. The quantitative estimate of drug-likeness (QED) is 0.800. The summed E-state index contributed by atoms with van der Waals surface area (Å²) in [7, 11) is 0. The summed E-state index contributed by atoms with van der Waals surface area (Å²) < 4.78 is 5.31. The lowest BCUT2D eigenvalue weighted by Crippen LogP contribution is -2.58. The van der Waals surface area contributed by atoms with Gasteiger partial charge in [-0.05, 0) is 18.3 Å². The van der Waals surface area contributed by atoms with Crippen molar-refractivity contribution in [3.05, 3.63) is 0 Å². The van der Waals surface area contributed by atoms with E-state index in [9.17, 15) is 9.90 Å². The minimum Gasteiger partial charge on any atom is -0.480 e. The van der Waals surface area contributed by atoms with E-state index in [1.54, 1.807) is 0 Å². The van der Waals surface area contributed by atoms with Crippen LogP contribution < -0.4 is 0 Å². The third kappa shape index (κ3) is 2.63. The number of carbonyl (C=O) groups is 1. The average Bonchev–Trinajstić information content (AvgIpc) is 2.28. The summed E-state index contributed by atoms with van der Waals surface area (Å²) >= 11 is 0. The molecule has 0 aromatic rings. The van der Waals surface area contributed by atoms with E-state index in [-0.39, 0.29) is 5.41 Å². The molecule has 2 fully saturated rings. The van der Waals surface area contributed by atoms with Crippen molar-refractivity contribution < 1.29 is 14.6 Å². The molecular weight excluding hydrogens is 218 g/mol. The second-order valence-corrected chi connectivity index (χ2v) is 5.92. The Morgan fingerprint density at radius 3 is 2.82 bits per heavy atom. The van der Waals surface area contributed by atoms with E-state index in [0.29, 0.717) is 19.3 Å². The van der Waals surface area contributed by atoms with E-state index in [4.69, 9.17) is 4.74 Å². The van der Waals surface area contributed by atoms with Crippen LogP contribution in [0.2, 0.25) is 0 Å². The average molecular weight is 241 g/mol. The largest absolute Gasteiger partial charge is 0.480 e. The molecular formula is C13H23NO3. The highest BCUT2D eigenvalue weighted by Crippen LogP contribution is 2.39. The molecule has 1 aliphatic heterocycles. The molecule has 4 heteroatoms. The van der Waals surface area contributed by atoms with Crippen molar-refractivity contribution in [3.8, 4) is 0 Å². The Balaban J connectivity index is 2.14. The number of morpholine rings is 1. The topological polar surface area (TPSA) is 49.8 Å². The van der Waals surface area contributed by atoms with Crippen molar-refractivity contribution in [2.24, 2.45) is 5.41 Å². The lowest BCUT2D eigenvalue weighted by atomic mass is 9.72. The van der Waals surface area contributed by atoms with Gasteiger partial charge in [-0.2, -0.15) is 0 Å². The predicted octanol–water partition coefficient (Wildman–Crippen LogP) is 1.74. The number of carboxylic acids is 1. The van der Waals surface area contributed by atoms with Crippen molar-refractivity contribution in [2.45, 2.75) is 51.6 Å². The smallest absolute Gasteiger partial charge is 0.323 e. The first-order valence-corrected chi connectivity index (χ1v) is 6.59. The SMILES string of the molecule is CC1(C)CCCCC1N1CCOCC1C(=O)O. The maximum Gasteiger partial charge on any atom is 0.323 e. The molecule has 4 nitrogen and oxygen atoms in total. The van der Waals surface area contributed by atoms with E-state index in [1.807, 2.05) is 0 Å². The number of hydrogen-bond donors (Lipinski definition) is 1. The summed E-state index contributed by atoms with van der Waals surface area (Å²) in [6, 6.07) is -0.0626. The summed E-state index contributed by atoms with van der Waals surface area (Å²) in [5.41, 5.74) is 0.225. The van der Waals surface area contributed by atoms with Crippen LogP contribution in [0.3, 0.4) is 0 Å². The minimum atomic E-state index is -0.744. The van der Waals surface area contributed by atoms with E-state index in [0.717, 1.165) is 13.0 Å². The van der Waals surface area contributed by atoms with Gasteiger partial charge in [0.15, 0.2) is 0 Å². The van der Waals surface area contributed by atoms with Crippen molar-refractivity contribution in [3.63, 3.8) is 0 Å². The van der Waals surface area contributed by atoms with Gasteiger partial charge < -0.3 is 9.84 Å². The molecule has 2 rings (SSSR count). The summed E-state index contributed by atoms with van der Waals surface area (Å²) in [6.45, 7) is 6.29. The number of nitrogens with zero attached hydrogens (tertiary/aromatic N) is 1. The van der Waals surface area contributed by atoms with Crippen LogP contribution in [0, 0.1) is 5.41 Å². The number of hydrogen-bond acceptors (Lipinski definition) is 3. The molecule has 0 spiro atoms. The zero-order chi connectivity index (χ0) is 12.5. The van der Waals surface area contributed by atoms with Gasteiger partial charge in [0.1, 0.15) is 6.04 Å². The van der Waals surface area contributed by atoms with Crippen LogP contribution in [0.25, 0.3) is 0 Å². The van der Waals surface area contributed by atoms with Gasteiger partial charge in [-0.3, -0.25) is 9.69 Å². The molecule has 2 atom stereocenters. The van der Waals surface area contributed by atoms with Crippen LogP contribution in [-0.2, 0) is 9.53 Å². The van der Waals surface area contributed by atoms with Crippen LogP contribution in [0.4, 0.5) is 0 Å². The second kappa shape index (κ2) is 4.94. The molecule has 1 aliphatic carbocycles. The molecule has 0 aromatic heterocycles. The molecule has 0 radical (unpaired) electrons. The van der Waals surface area contributed by atoms with Gasteiger partial charge >= 0.3 is 5.97 Å². The van der Waals surface area contributed by atoms with Crippen LogP contribution in [0.5, 0.6) is 0 Å². The first kappa shape index (κ1) is 12.8. The zero-order valence-electron chi connectivity index (χ0n) is 10.8. The maximum atomic E-state index is 11.3. The first-order valence-electron chi connectivity index (χ1n) is 6.59. The number of ether oxygens (including phenoxy) is 1. The van der Waals surface area contributed by atoms with E-state index in [1.165, 1.54) is 19.3 Å². The van der Waals surface area contributed by atoms with Crippen molar-refractivity contribution in [1.29, 1.82) is 0 Å². The molecule has 0 aromatic carbocycles. The molecule has 98 valence electrons. The highest BCUT2D eigenvalue weighted by atomic mass is 16.5. The van der Waals surface area contributed by atoms with Crippen molar-refractivity contribution >= 4 is 5.97 Å². The monoisotopic (exact) mass is 241 g/mol. The number of aliphatic carboxylic acids is 1.